The molecule has 1 aliphatic heterocycles. The number of nitrogens with one attached hydrogen (secondary N) is 3. The van der Waals surface area contributed by atoms with E-state index in [2.05, 4.69) is 35.0 Å². The molecule has 0 aromatic carbocycles. The van der Waals surface area contributed by atoms with Gasteiger partial charge in [0.2, 0.25) is 0 Å². The first kappa shape index (κ1) is 24.2. The van der Waals surface area contributed by atoms with Crippen LogP contribution >= 0.6 is 0 Å². The van der Waals surface area contributed by atoms with Crippen molar-refractivity contribution in [3.05, 3.63) is 12.2 Å². The zero-order chi connectivity index (χ0) is 20.5. The molecule has 0 radical (unpaired) electrons. The van der Waals surface area contributed by atoms with Gasteiger partial charge in [-0.15, -0.1) is 0 Å². The number of imide groups is 1. The van der Waals surface area contributed by atoms with E-state index in [1.165, 1.54) is 70.6 Å². The Morgan fingerprint density at radius 2 is 1.39 bits per heavy atom. The maximum absolute atomic E-state index is 11.8. The minimum absolute atomic E-state index is 0.434. The van der Waals surface area contributed by atoms with Crippen LogP contribution in [-0.4, -0.2) is 30.4 Å². The zero-order valence-electron chi connectivity index (χ0n) is 17.6. The number of amides is 4. The summed E-state index contributed by atoms with van der Waals surface area (Å²) in [6.07, 6.45) is 22.1. The fraction of sp³-hybridized carbons (Fsp3) is 0.773. The van der Waals surface area contributed by atoms with E-state index in [-0.39, 0.29) is 0 Å². The molecule has 0 spiro atoms. The van der Waals surface area contributed by atoms with Crippen LogP contribution in [0.4, 0.5) is 4.79 Å². The smallest absolute Gasteiger partial charge is 0.322 e. The lowest BCUT2D eigenvalue weighted by Gasteiger charge is -2.08. The predicted octanol–water partition coefficient (Wildman–Crippen LogP) is 4.35. The van der Waals surface area contributed by atoms with Crippen LogP contribution in [0.1, 0.15) is 96.8 Å². The van der Waals surface area contributed by atoms with Crippen LogP contribution in [0.15, 0.2) is 12.2 Å². The molecule has 0 aliphatic carbocycles. The Morgan fingerprint density at radius 3 is 1.93 bits per heavy atom. The number of rotatable bonds is 17. The van der Waals surface area contributed by atoms with E-state index < -0.39 is 23.9 Å². The Kier molecular flexibility index (Phi) is 13.9. The average molecular weight is 394 g/mol. The Bertz CT molecular complexity index is 491. The molecule has 6 nitrogen and oxygen atoms in total. The van der Waals surface area contributed by atoms with Crippen molar-refractivity contribution in [2.75, 3.05) is 6.54 Å². The van der Waals surface area contributed by atoms with Gasteiger partial charge in [0.1, 0.15) is 0 Å². The highest BCUT2D eigenvalue weighted by Gasteiger charge is 2.35. The highest BCUT2D eigenvalue weighted by molar-refractivity contribution is 6.15. The third kappa shape index (κ3) is 11.8. The molecule has 3 N–H and O–H groups in total. The zero-order valence-corrected chi connectivity index (χ0v) is 17.6. The number of urea groups is 1. The summed E-state index contributed by atoms with van der Waals surface area (Å²) in [5.74, 6) is -1.01. The summed E-state index contributed by atoms with van der Waals surface area (Å²) in [7, 11) is 0. The van der Waals surface area contributed by atoms with Gasteiger partial charge in [0.05, 0.1) is 0 Å². The maximum Gasteiger partial charge on any atom is 0.322 e. The van der Waals surface area contributed by atoms with Gasteiger partial charge >= 0.3 is 6.03 Å². The summed E-state index contributed by atoms with van der Waals surface area (Å²) < 4.78 is 0. The fourth-order valence-corrected chi connectivity index (χ4v) is 3.29. The Balaban J connectivity index is 1.82. The molecule has 1 fully saturated rings. The van der Waals surface area contributed by atoms with Crippen LogP contribution in [-0.2, 0) is 9.59 Å². The quantitative estimate of drug-likeness (QED) is 0.149. The van der Waals surface area contributed by atoms with Crippen molar-refractivity contribution in [1.82, 2.24) is 16.0 Å². The minimum Gasteiger partial charge on any atom is -0.354 e. The molecule has 1 rings (SSSR count). The summed E-state index contributed by atoms with van der Waals surface area (Å²) in [5.41, 5.74) is 0. The molecule has 0 aromatic heterocycles. The van der Waals surface area contributed by atoms with Crippen molar-refractivity contribution < 1.29 is 14.4 Å². The molecule has 0 saturated carbocycles. The van der Waals surface area contributed by atoms with Crippen molar-refractivity contribution in [2.45, 2.75) is 103 Å². The van der Waals surface area contributed by atoms with Crippen LogP contribution < -0.4 is 16.0 Å². The van der Waals surface area contributed by atoms with Crippen molar-refractivity contribution >= 4 is 17.8 Å². The molecule has 4 amide bonds. The number of hydrogen-bond donors (Lipinski definition) is 3. The molecule has 160 valence electrons. The van der Waals surface area contributed by atoms with Gasteiger partial charge in [-0.05, 0) is 32.1 Å². The van der Waals surface area contributed by atoms with Crippen LogP contribution in [0.5, 0.6) is 0 Å². The molecule has 0 aromatic rings. The normalized spacial score (nSPS) is 16.4. The Labute approximate surface area is 170 Å². The number of hydrogen-bond acceptors (Lipinski definition) is 3. The Hall–Kier alpha value is -1.85. The average Bonchev–Trinajstić information content (AvgIpc) is 3.02. The van der Waals surface area contributed by atoms with Crippen LogP contribution in [0.3, 0.4) is 0 Å². The monoisotopic (exact) mass is 393 g/mol. The van der Waals surface area contributed by atoms with E-state index in [1.807, 2.05) is 0 Å². The van der Waals surface area contributed by atoms with Crippen molar-refractivity contribution in [3.8, 4) is 0 Å². The topological polar surface area (TPSA) is 87.3 Å². The SMILES string of the molecule is CCCCCCCC/C=C\CCCCCCCCNC(=O)C1NC(=O)NC1=O. The van der Waals surface area contributed by atoms with Crippen molar-refractivity contribution in [1.29, 1.82) is 0 Å². The molecule has 6 heteroatoms. The second kappa shape index (κ2) is 16.1. The Morgan fingerprint density at radius 1 is 0.857 bits per heavy atom. The molecule has 1 unspecified atom stereocenters. The first-order valence-electron chi connectivity index (χ1n) is 11.2. The van der Waals surface area contributed by atoms with E-state index in [0.29, 0.717) is 6.54 Å². The molecule has 0 bridgehead atoms. The first-order valence-corrected chi connectivity index (χ1v) is 11.2. The van der Waals surface area contributed by atoms with Crippen LogP contribution in [0.2, 0.25) is 0 Å². The standard InChI is InChI=1S/C22H39N3O3/c1-2-3-4-5-6-7-8-9-10-11-12-13-14-15-16-17-18-23-20(26)19-21(27)25-22(28)24-19/h9-10,19H,2-8,11-18H2,1H3,(H,23,26)(H2,24,25,27,28)/b10-9-. The van der Waals surface area contributed by atoms with Crippen molar-refractivity contribution in [2.24, 2.45) is 0 Å². The number of allylic oxidation sites excluding steroid dienone is 2. The first-order chi connectivity index (χ1) is 13.6. The second-order valence-electron chi connectivity index (χ2n) is 7.62. The fourth-order valence-electron chi connectivity index (χ4n) is 3.29. The number of unbranched alkanes of at least 4 members (excludes halogenated alkanes) is 12. The number of carbonyl (C=O) groups is 3. The van der Waals surface area contributed by atoms with Gasteiger partial charge < -0.3 is 10.6 Å². The van der Waals surface area contributed by atoms with Gasteiger partial charge in [-0.2, -0.15) is 0 Å². The minimum atomic E-state index is -1.08. The number of carbonyl (C=O) groups excluding carboxylic acids is 3. The molecular formula is C22H39N3O3. The van der Waals surface area contributed by atoms with Gasteiger partial charge in [-0.25, -0.2) is 4.79 Å². The molecule has 1 aliphatic rings. The van der Waals surface area contributed by atoms with E-state index in [1.54, 1.807) is 0 Å². The third-order valence-corrected chi connectivity index (χ3v) is 5.02. The summed E-state index contributed by atoms with van der Waals surface area (Å²) >= 11 is 0. The largest absolute Gasteiger partial charge is 0.354 e. The lowest BCUT2D eigenvalue weighted by atomic mass is 10.1. The lowest BCUT2D eigenvalue weighted by Crippen LogP contribution is -2.45. The molecule has 28 heavy (non-hydrogen) atoms. The summed E-state index contributed by atoms with van der Waals surface area (Å²) in [4.78, 5) is 34.1. The van der Waals surface area contributed by atoms with Gasteiger partial charge in [0.25, 0.3) is 11.8 Å². The van der Waals surface area contributed by atoms with Gasteiger partial charge in [0, 0.05) is 6.54 Å². The second-order valence-corrected chi connectivity index (χ2v) is 7.62. The maximum atomic E-state index is 11.8. The molecule has 1 heterocycles. The van der Waals surface area contributed by atoms with Crippen LogP contribution in [0, 0.1) is 0 Å². The lowest BCUT2D eigenvalue weighted by molar-refractivity contribution is -0.129. The molecule has 1 saturated heterocycles. The summed E-state index contributed by atoms with van der Waals surface area (Å²) in [6, 6.07) is -1.69. The third-order valence-electron chi connectivity index (χ3n) is 5.02. The van der Waals surface area contributed by atoms with Crippen molar-refractivity contribution in [3.63, 3.8) is 0 Å². The van der Waals surface area contributed by atoms with Gasteiger partial charge in [-0.1, -0.05) is 76.9 Å². The van der Waals surface area contributed by atoms with E-state index in [0.717, 1.165) is 19.3 Å². The molecule has 1 atom stereocenters. The highest BCUT2D eigenvalue weighted by atomic mass is 16.2. The summed E-state index contributed by atoms with van der Waals surface area (Å²) in [5, 5.41) is 7.05. The molecular weight excluding hydrogens is 354 g/mol. The van der Waals surface area contributed by atoms with E-state index in [4.69, 9.17) is 0 Å². The van der Waals surface area contributed by atoms with Gasteiger partial charge in [-0.3, -0.25) is 14.9 Å². The summed E-state index contributed by atoms with van der Waals surface area (Å²) in [6.45, 7) is 2.80. The van der Waals surface area contributed by atoms with E-state index >= 15 is 0 Å². The highest BCUT2D eigenvalue weighted by Crippen LogP contribution is 2.09. The van der Waals surface area contributed by atoms with E-state index in [9.17, 15) is 14.4 Å². The van der Waals surface area contributed by atoms with Gasteiger partial charge in [0.15, 0.2) is 6.04 Å². The van der Waals surface area contributed by atoms with Crippen LogP contribution in [0.25, 0.3) is 0 Å². The predicted molar refractivity (Wildman–Crippen MR) is 113 cm³/mol.